The van der Waals surface area contributed by atoms with Crippen molar-refractivity contribution >= 4 is 5.91 Å². The summed E-state index contributed by atoms with van der Waals surface area (Å²) in [6.45, 7) is 4.39. The van der Waals surface area contributed by atoms with Crippen LogP contribution in [0.25, 0.3) is 11.3 Å². The number of nitrogens with one attached hydrogen (secondary N) is 1. The van der Waals surface area contributed by atoms with E-state index in [1.165, 1.54) is 17.2 Å². The van der Waals surface area contributed by atoms with Crippen molar-refractivity contribution in [3.05, 3.63) is 69.5 Å². The number of aromatic nitrogens is 3. The Hall–Kier alpha value is -3.68. The van der Waals surface area contributed by atoms with Gasteiger partial charge in [-0.05, 0) is 38.1 Å². The highest BCUT2D eigenvalue weighted by Gasteiger charge is 2.25. The maximum Gasteiger partial charge on any atom is 0.260 e. The first kappa shape index (κ1) is 18.7. The molecule has 4 rings (SSSR count). The molecule has 1 amide bonds. The molecule has 0 bridgehead atoms. The molecule has 29 heavy (non-hydrogen) atoms. The summed E-state index contributed by atoms with van der Waals surface area (Å²) in [6.07, 6.45) is 3.17. The topological polar surface area (TPSA) is 108 Å². The lowest BCUT2D eigenvalue weighted by atomic mass is 10.0. The number of aryl methyl sites for hydroxylation is 2. The molecule has 2 aromatic heterocycles. The molecule has 0 radical (unpaired) electrons. The molecule has 0 spiro atoms. The molecule has 1 aromatic carbocycles. The van der Waals surface area contributed by atoms with Gasteiger partial charge in [0, 0.05) is 30.1 Å². The molecule has 148 valence electrons. The number of amides is 1. The second-order valence-electron chi connectivity index (χ2n) is 6.92. The molecule has 0 fully saturated rings. The fraction of sp³-hybridized carbons (Fsp3) is 0.238. The van der Waals surface area contributed by atoms with Gasteiger partial charge >= 0.3 is 0 Å². The summed E-state index contributed by atoms with van der Waals surface area (Å²) >= 11 is 0. The maximum atomic E-state index is 12.9. The van der Waals surface area contributed by atoms with Crippen LogP contribution in [0, 0.1) is 13.8 Å². The Morgan fingerprint density at radius 1 is 1.31 bits per heavy atom. The number of hydrogen-bond acceptors (Lipinski definition) is 6. The lowest BCUT2D eigenvalue weighted by molar-refractivity contribution is 0.0731. The Kier molecular flexibility index (Phi) is 4.75. The van der Waals surface area contributed by atoms with Crippen molar-refractivity contribution in [2.75, 3.05) is 13.2 Å². The van der Waals surface area contributed by atoms with Crippen LogP contribution in [0.1, 0.15) is 27.3 Å². The average Bonchev–Trinajstić information content (AvgIpc) is 2.92. The summed E-state index contributed by atoms with van der Waals surface area (Å²) in [5.41, 5.74) is 3.10. The molecule has 0 saturated heterocycles. The second-order valence-corrected chi connectivity index (χ2v) is 6.92. The van der Waals surface area contributed by atoms with E-state index in [1.807, 2.05) is 19.9 Å². The largest absolute Gasteiger partial charge is 0.504 e. The zero-order valence-electron chi connectivity index (χ0n) is 16.1. The molecular formula is C21H20N4O4. The van der Waals surface area contributed by atoms with Crippen LogP contribution in [0.2, 0.25) is 0 Å². The summed E-state index contributed by atoms with van der Waals surface area (Å²) in [4.78, 5) is 37.8. The molecule has 3 aromatic rings. The van der Waals surface area contributed by atoms with Gasteiger partial charge in [-0.1, -0.05) is 0 Å². The molecule has 0 saturated carbocycles. The Balaban J connectivity index is 1.74. The first-order chi connectivity index (χ1) is 13.9. The molecular weight excluding hydrogens is 372 g/mol. The van der Waals surface area contributed by atoms with Gasteiger partial charge in [0.05, 0.1) is 23.6 Å². The number of phenols is 1. The second kappa shape index (κ2) is 7.38. The third-order valence-electron chi connectivity index (χ3n) is 4.80. The van der Waals surface area contributed by atoms with Gasteiger partial charge in [-0.2, -0.15) is 0 Å². The van der Waals surface area contributed by atoms with Gasteiger partial charge in [0.1, 0.15) is 12.2 Å². The number of rotatable bonds is 2. The van der Waals surface area contributed by atoms with Crippen LogP contribution in [0.15, 0.2) is 41.5 Å². The number of aromatic amines is 1. The number of hydrogen-bond donors (Lipinski definition) is 2. The van der Waals surface area contributed by atoms with E-state index in [2.05, 4.69) is 15.0 Å². The van der Waals surface area contributed by atoms with E-state index < -0.39 is 5.56 Å². The van der Waals surface area contributed by atoms with Crippen LogP contribution in [-0.4, -0.2) is 44.0 Å². The lowest BCUT2D eigenvalue weighted by Crippen LogP contribution is -2.35. The van der Waals surface area contributed by atoms with Gasteiger partial charge in [0.25, 0.3) is 11.5 Å². The number of carbonyl (C=O) groups is 1. The van der Waals surface area contributed by atoms with Crippen molar-refractivity contribution in [3.63, 3.8) is 0 Å². The number of benzene rings is 1. The minimum atomic E-state index is -0.440. The first-order valence-electron chi connectivity index (χ1n) is 9.20. The minimum Gasteiger partial charge on any atom is -0.504 e. The van der Waals surface area contributed by atoms with Gasteiger partial charge in [-0.15, -0.1) is 0 Å². The van der Waals surface area contributed by atoms with Crippen molar-refractivity contribution in [1.82, 2.24) is 19.9 Å². The average molecular weight is 392 g/mol. The van der Waals surface area contributed by atoms with E-state index in [4.69, 9.17) is 4.74 Å². The van der Waals surface area contributed by atoms with Crippen molar-refractivity contribution in [3.8, 4) is 22.8 Å². The van der Waals surface area contributed by atoms with Crippen molar-refractivity contribution < 1.29 is 14.6 Å². The van der Waals surface area contributed by atoms with Crippen molar-refractivity contribution in [1.29, 1.82) is 0 Å². The van der Waals surface area contributed by atoms with Crippen molar-refractivity contribution in [2.45, 2.75) is 20.4 Å². The molecule has 8 heteroatoms. The van der Waals surface area contributed by atoms with Gasteiger partial charge in [-0.3, -0.25) is 14.6 Å². The number of nitrogens with zero attached hydrogens (tertiary/aromatic N) is 3. The third-order valence-corrected chi connectivity index (χ3v) is 4.80. The van der Waals surface area contributed by atoms with Gasteiger partial charge in [0.15, 0.2) is 11.5 Å². The van der Waals surface area contributed by atoms with E-state index in [-0.39, 0.29) is 30.4 Å². The summed E-state index contributed by atoms with van der Waals surface area (Å²) in [5, 5.41) is 10.5. The Morgan fingerprint density at radius 2 is 2.14 bits per heavy atom. The number of aromatic hydroxyl groups is 1. The highest BCUT2D eigenvalue weighted by Crippen LogP contribution is 2.37. The number of carbonyl (C=O) groups excluding carboxylic acids is 1. The predicted octanol–water partition coefficient (Wildman–Crippen LogP) is 2.19. The van der Waals surface area contributed by atoms with Crippen molar-refractivity contribution in [2.24, 2.45) is 0 Å². The maximum absolute atomic E-state index is 12.9. The van der Waals surface area contributed by atoms with Crippen LogP contribution in [0.5, 0.6) is 11.5 Å². The molecule has 1 aliphatic heterocycles. The zero-order chi connectivity index (χ0) is 20.5. The summed E-state index contributed by atoms with van der Waals surface area (Å²) in [7, 11) is 0. The predicted molar refractivity (Wildman–Crippen MR) is 106 cm³/mol. The standard InChI is InChI=1S/C21H20N4O4/c1-12-10-23-13(2)18(24-12)14-8-15-11-25(6-7-29-19(15)17(26)9-14)21(28)16-4-3-5-22-20(16)27/h3-5,8-10,26H,6-7,11H2,1-2H3,(H,22,27). The van der Waals surface area contributed by atoms with E-state index in [9.17, 15) is 14.7 Å². The summed E-state index contributed by atoms with van der Waals surface area (Å²) in [5.74, 6) is -0.0731. The molecule has 3 heterocycles. The van der Waals surface area contributed by atoms with E-state index in [1.54, 1.807) is 18.3 Å². The number of pyridine rings is 1. The zero-order valence-corrected chi connectivity index (χ0v) is 16.1. The van der Waals surface area contributed by atoms with Crippen LogP contribution in [0.4, 0.5) is 0 Å². The third kappa shape index (κ3) is 3.56. The first-order valence-corrected chi connectivity index (χ1v) is 9.20. The van der Waals surface area contributed by atoms with E-state index in [0.717, 1.165) is 11.4 Å². The summed E-state index contributed by atoms with van der Waals surface area (Å²) < 4.78 is 5.70. The molecule has 0 atom stereocenters. The molecule has 8 nitrogen and oxygen atoms in total. The Bertz CT molecular complexity index is 1160. The number of H-pyrrole nitrogens is 1. The fourth-order valence-corrected chi connectivity index (χ4v) is 3.38. The van der Waals surface area contributed by atoms with Gasteiger partial charge < -0.3 is 19.7 Å². The molecule has 0 aliphatic carbocycles. The Labute approximate surface area is 166 Å². The SMILES string of the molecule is Cc1cnc(C)c(-c2cc(O)c3c(c2)CN(C(=O)c2ccc[nH]c2=O)CCO3)n1. The number of phenolic OH excluding ortho intramolecular Hbond substituents is 1. The highest BCUT2D eigenvalue weighted by molar-refractivity contribution is 5.94. The minimum absolute atomic E-state index is 0.0212. The smallest absolute Gasteiger partial charge is 0.260 e. The number of ether oxygens (including phenoxy) is 1. The Morgan fingerprint density at radius 3 is 2.93 bits per heavy atom. The molecule has 0 unspecified atom stereocenters. The highest BCUT2D eigenvalue weighted by atomic mass is 16.5. The monoisotopic (exact) mass is 392 g/mol. The lowest BCUT2D eigenvalue weighted by Gasteiger charge is -2.19. The van der Waals surface area contributed by atoms with Crippen LogP contribution < -0.4 is 10.3 Å². The van der Waals surface area contributed by atoms with Crippen LogP contribution in [0.3, 0.4) is 0 Å². The van der Waals surface area contributed by atoms with Gasteiger partial charge in [0.2, 0.25) is 0 Å². The number of fused-ring (bicyclic) bond motifs is 1. The van der Waals surface area contributed by atoms with E-state index >= 15 is 0 Å². The molecule has 1 aliphatic rings. The quantitative estimate of drug-likeness (QED) is 0.692. The van der Waals surface area contributed by atoms with Gasteiger partial charge in [-0.25, -0.2) is 4.98 Å². The van der Waals surface area contributed by atoms with Crippen LogP contribution in [-0.2, 0) is 6.54 Å². The summed E-state index contributed by atoms with van der Waals surface area (Å²) in [6, 6.07) is 6.54. The molecule has 2 N–H and O–H groups in total. The van der Waals surface area contributed by atoms with Crippen LogP contribution >= 0.6 is 0 Å². The fourth-order valence-electron chi connectivity index (χ4n) is 3.38. The normalized spacial score (nSPS) is 13.4. The van der Waals surface area contributed by atoms with E-state index in [0.29, 0.717) is 29.1 Å².